The van der Waals surface area contributed by atoms with Crippen LogP contribution in [0.25, 0.3) is 0 Å². The third-order valence-electron chi connectivity index (χ3n) is 2.49. The van der Waals surface area contributed by atoms with E-state index >= 15 is 0 Å². The van der Waals surface area contributed by atoms with Crippen LogP contribution in [0, 0.1) is 15.5 Å². The van der Waals surface area contributed by atoms with Gasteiger partial charge in [-0.3, -0.25) is 14.9 Å². The molecule has 1 unspecified atom stereocenters. The fourth-order valence-corrected chi connectivity index (χ4v) is 1.57. The molecule has 1 rings (SSSR count). The average molecular weight is 227 g/mol. The predicted molar refractivity (Wildman–Crippen MR) is 51.2 cm³/mol. The maximum atomic E-state index is 11.0. The lowest BCUT2D eigenvalue weighted by atomic mass is 9.75. The zero-order chi connectivity index (χ0) is 12.5. The van der Waals surface area contributed by atoms with Gasteiger partial charge in [0.15, 0.2) is 0 Å². The highest BCUT2D eigenvalue weighted by Crippen LogP contribution is 2.37. The van der Waals surface area contributed by atoms with E-state index in [9.17, 15) is 19.7 Å². The first kappa shape index (κ1) is 11.9. The van der Waals surface area contributed by atoms with Crippen molar-refractivity contribution in [1.29, 1.82) is 0 Å². The number of aliphatic carboxylic acids is 2. The number of carboxylic acid groups (broad SMARTS) is 2. The Morgan fingerprint density at radius 1 is 1.50 bits per heavy atom. The van der Waals surface area contributed by atoms with Crippen molar-refractivity contribution in [3.8, 4) is 0 Å². The zero-order valence-electron chi connectivity index (χ0n) is 8.34. The third kappa shape index (κ3) is 1.67. The van der Waals surface area contributed by atoms with Crippen molar-refractivity contribution < 1.29 is 24.7 Å². The van der Waals surface area contributed by atoms with Gasteiger partial charge in [0.05, 0.1) is 4.92 Å². The highest BCUT2D eigenvalue weighted by Gasteiger charge is 2.47. The molecule has 1 atom stereocenters. The van der Waals surface area contributed by atoms with Crippen LogP contribution in [0.1, 0.15) is 13.3 Å². The first-order valence-electron chi connectivity index (χ1n) is 4.33. The van der Waals surface area contributed by atoms with Crippen molar-refractivity contribution in [2.75, 3.05) is 0 Å². The van der Waals surface area contributed by atoms with E-state index in [2.05, 4.69) is 0 Å². The number of carboxylic acids is 2. The van der Waals surface area contributed by atoms with Crippen LogP contribution in [-0.2, 0) is 9.59 Å². The summed E-state index contributed by atoms with van der Waals surface area (Å²) in [5.74, 6) is -2.98. The Labute approximate surface area is 89.8 Å². The standard InChI is InChI=1S/C9H9NO6/c1-9(8(13)14)4-2-3-5(10(15)16)6(9)7(11)12/h2-3H,4H2,1H3,(H,11,12)(H,13,14). The Balaban J connectivity index is 3.48. The topological polar surface area (TPSA) is 118 Å². The van der Waals surface area contributed by atoms with E-state index in [0.29, 0.717) is 0 Å². The second-order valence-corrected chi connectivity index (χ2v) is 3.57. The van der Waals surface area contributed by atoms with Crippen LogP contribution in [0.5, 0.6) is 0 Å². The fraction of sp³-hybridized carbons (Fsp3) is 0.333. The molecule has 0 aromatic carbocycles. The molecule has 0 aromatic rings. The van der Waals surface area contributed by atoms with Crippen LogP contribution in [0.15, 0.2) is 23.4 Å². The van der Waals surface area contributed by atoms with E-state index in [1.807, 2.05) is 0 Å². The van der Waals surface area contributed by atoms with Crippen LogP contribution in [0.4, 0.5) is 0 Å². The maximum Gasteiger partial charge on any atom is 0.339 e. The Hall–Kier alpha value is -2.18. The molecule has 7 nitrogen and oxygen atoms in total. The predicted octanol–water partition coefficient (Wildman–Crippen LogP) is 0.653. The number of carbonyl (C=O) groups is 2. The largest absolute Gasteiger partial charge is 0.481 e. The Kier molecular flexibility index (Phi) is 2.80. The van der Waals surface area contributed by atoms with Crippen molar-refractivity contribution in [1.82, 2.24) is 0 Å². The molecule has 0 bridgehead atoms. The minimum Gasteiger partial charge on any atom is -0.481 e. The summed E-state index contributed by atoms with van der Waals surface area (Å²) in [6.07, 6.45) is 2.23. The number of nitrogens with zero attached hydrogens (tertiary/aromatic N) is 1. The summed E-state index contributed by atoms with van der Waals surface area (Å²) in [7, 11) is 0. The second kappa shape index (κ2) is 3.76. The lowest BCUT2D eigenvalue weighted by Crippen LogP contribution is -2.36. The summed E-state index contributed by atoms with van der Waals surface area (Å²) in [5, 5.41) is 28.5. The van der Waals surface area contributed by atoms with E-state index in [1.54, 1.807) is 0 Å². The van der Waals surface area contributed by atoms with Crippen LogP contribution in [0.2, 0.25) is 0 Å². The second-order valence-electron chi connectivity index (χ2n) is 3.57. The van der Waals surface area contributed by atoms with Crippen molar-refractivity contribution in [2.24, 2.45) is 5.41 Å². The monoisotopic (exact) mass is 227 g/mol. The van der Waals surface area contributed by atoms with Gasteiger partial charge in [0, 0.05) is 6.08 Å². The van der Waals surface area contributed by atoms with Crippen molar-refractivity contribution in [2.45, 2.75) is 13.3 Å². The van der Waals surface area contributed by atoms with E-state index in [1.165, 1.54) is 6.08 Å². The molecule has 0 amide bonds. The van der Waals surface area contributed by atoms with Gasteiger partial charge in [0.25, 0.3) is 5.70 Å². The lowest BCUT2D eigenvalue weighted by molar-refractivity contribution is -0.420. The Morgan fingerprint density at radius 2 is 2.06 bits per heavy atom. The molecule has 0 saturated heterocycles. The third-order valence-corrected chi connectivity index (χ3v) is 2.49. The number of hydrogen-bond donors (Lipinski definition) is 2. The molecule has 0 aromatic heterocycles. The summed E-state index contributed by atoms with van der Waals surface area (Å²) < 4.78 is 0. The van der Waals surface area contributed by atoms with Gasteiger partial charge in [-0.05, 0) is 13.3 Å². The Morgan fingerprint density at radius 3 is 2.44 bits per heavy atom. The summed E-state index contributed by atoms with van der Waals surface area (Å²) >= 11 is 0. The normalized spacial score (nSPS) is 24.3. The average Bonchev–Trinajstić information content (AvgIpc) is 2.16. The first-order valence-corrected chi connectivity index (χ1v) is 4.33. The molecule has 7 heteroatoms. The molecule has 86 valence electrons. The number of rotatable bonds is 3. The van der Waals surface area contributed by atoms with E-state index in [0.717, 1.165) is 13.0 Å². The lowest BCUT2D eigenvalue weighted by Gasteiger charge is -2.25. The molecule has 1 aliphatic carbocycles. The van der Waals surface area contributed by atoms with Gasteiger partial charge in [0.1, 0.15) is 11.0 Å². The molecular weight excluding hydrogens is 218 g/mol. The molecule has 0 radical (unpaired) electrons. The van der Waals surface area contributed by atoms with E-state index in [-0.39, 0.29) is 6.42 Å². The Bertz CT molecular complexity index is 435. The minimum atomic E-state index is -1.76. The van der Waals surface area contributed by atoms with E-state index < -0.39 is 33.5 Å². The molecule has 0 aliphatic heterocycles. The van der Waals surface area contributed by atoms with Crippen molar-refractivity contribution in [3.63, 3.8) is 0 Å². The molecule has 0 heterocycles. The molecule has 0 fully saturated rings. The maximum absolute atomic E-state index is 11.0. The minimum absolute atomic E-state index is 0.0820. The quantitative estimate of drug-likeness (QED) is 0.539. The van der Waals surface area contributed by atoms with Crippen LogP contribution in [0.3, 0.4) is 0 Å². The van der Waals surface area contributed by atoms with Crippen molar-refractivity contribution >= 4 is 11.9 Å². The summed E-state index contributed by atoms with van der Waals surface area (Å²) in [5.41, 5.74) is -3.13. The van der Waals surface area contributed by atoms with Crippen LogP contribution >= 0.6 is 0 Å². The van der Waals surface area contributed by atoms with Crippen LogP contribution in [-0.4, -0.2) is 27.1 Å². The van der Waals surface area contributed by atoms with Gasteiger partial charge in [-0.2, -0.15) is 0 Å². The number of nitro groups is 1. The number of hydrogen-bond acceptors (Lipinski definition) is 4. The SMILES string of the molecule is CC1(C(=O)O)CC=CC([N+](=O)[O-])=C1C(=O)O. The molecular formula is C9H9NO6. The van der Waals surface area contributed by atoms with Gasteiger partial charge in [-0.25, -0.2) is 4.79 Å². The molecule has 1 aliphatic rings. The molecule has 0 saturated carbocycles. The summed E-state index contributed by atoms with van der Waals surface area (Å²) in [4.78, 5) is 31.7. The van der Waals surface area contributed by atoms with Gasteiger partial charge in [0.2, 0.25) is 0 Å². The number of allylic oxidation sites excluding steroid dienone is 2. The first-order chi connectivity index (χ1) is 7.30. The molecule has 2 N–H and O–H groups in total. The van der Waals surface area contributed by atoms with Crippen LogP contribution < -0.4 is 0 Å². The molecule has 0 spiro atoms. The zero-order valence-corrected chi connectivity index (χ0v) is 8.34. The van der Waals surface area contributed by atoms with Crippen molar-refractivity contribution in [3.05, 3.63) is 33.5 Å². The highest BCUT2D eigenvalue weighted by atomic mass is 16.6. The van der Waals surface area contributed by atoms with Gasteiger partial charge in [-0.1, -0.05) is 6.08 Å². The summed E-state index contributed by atoms with van der Waals surface area (Å²) in [6, 6.07) is 0. The van der Waals surface area contributed by atoms with Gasteiger partial charge < -0.3 is 10.2 Å². The van der Waals surface area contributed by atoms with E-state index in [4.69, 9.17) is 10.2 Å². The molecule has 16 heavy (non-hydrogen) atoms. The van der Waals surface area contributed by atoms with Gasteiger partial charge >= 0.3 is 11.9 Å². The smallest absolute Gasteiger partial charge is 0.339 e. The summed E-state index contributed by atoms with van der Waals surface area (Å²) in [6.45, 7) is 1.16. The highest BCUT2D eigenvalue weighted by molar-refractivity contribution is 5.97. The fourth-order valence-electron chi connectivity index (χ4n) is 1.57. The van der Waals surface area contributed by atoms with Gasteiger partial charge in [-0.15, -0.1) is 0 Å².